The molecule has 0 aliphatic heterocycles. The Morgan fingerprint density at radius 1 is 0.952 bits per heavy atom. The number of rotatable bonds is 8. The van der Waals surface area contributed by atoms with Gasteiger partial charge in [-0.05, 0) is 25.0 Å². The zero-order valence-electron chi connectivity index (χ0n) is 12.6. The van der Waals surface area contributed by atoms with Crippen molar-refractivity contribution < 1.29 is 18.0 Å². The van der Waals surface area contributed by atoms with Crippen LogP contribution in [0.4, 0.5) is 13.2 Å². The molecule has 1 aromatic rings. The summed E-state index contributed by atoms with van der Waals surface area (Å²) >= 11 is 0. The van der Waals surface area contributed by atoms with E-state index in [-0.39, 0.29) is 0 Å². The molecule has 0 atom stereocenters. The first-order valence-electron chi connectivity index (χ1n) is 7.45. The molecule has 0 radical (unpaired) electrons. The Balaban J connectivity index is 2.90. The zero-order valence-corrected chi connectivity index (χ0v) is 12.6. The molecule has 0 spiro atoms. The molecular formula is C16H22F3NO. The van der Waals surface area contributed by atoms with E-state index < -0.39 is 28.9 Å². The van der Waals surface area contributed by atoms with Crippen LogP contribution in [0.5, 0.6) is 0 Å². The number of carbonyl (C=O) groups excluding carboxylic acids is 1. The smallest absolute Gasteiger partial charge is 0.256 e. The van der Waals surface area contributed by atoms with Gasteiger partial charge in [-0.1, -0.05) is 33.1 Å². The second-order valence-electron chi connectivity index (χ2n) is 5.08. The molecule has 1 amide bonds. The molecule has 118 valence electrons. The van der Waals surface area contributed by atoms with Crippen molar-refractivity contribution >= 4 is 5.91 Å². The van der Waals surface area contributed by atoms with E-state index in [0.717, 1.165) is 44.2 Å². The van der Waals surface area contributed by atoms with Crippen LogP contribution in [0.15, 0.2) is 12.1 Å². The monoisotopic (exact) mass is 301 g/mol. The van der Waals surface area contributed by atoms with Crippen LogP contribution in [0.3, 0.4) is 0 Å². The summed E-state index contributed by atoms with van der Waals surface area (Å²) in [6.45, 7) is 5.04. The van der Waals surface area contributed by atoms with Gasteiger partial charge in [-0.2, -0.15) is 0 Å². The molecule has 0 N–H and O–H groups in total. The highest BCUT2D eigenvalue weighted by atomic mass is 19.2. The van der Waals surface area contributed by atoms with Gasteiger partial charge in [0.2, 0.25) is 0 Å². The fraction of sp³-hybridized carbons (Fsp3) is 0.562. The molecule has 2 nitrogen and oxygen atoms in total. The lowest BCUT2D eigenvalue weighted by atomic mass is 10.1. The largest absolute Gasteiger partial charge is 0.339 e. The molecule has 0 aromatic heterocycles. The van der Waals surface area contributed by atoms with Crippen molar-refractivity contribution in [3.8, 4) is 0 Å². The molecule has 0 saturated carbocycles. The van der Waals surface area contributed by atoms with Crippen molar-refractivity contribution in [2.24, 2.45) is 0 Å². The summed E-state index contributed by atoms with van der Waals surface area (Å²) in [5, 5.41) is 0. The Morgan fingerprint density at radius 2 is 1.57 bits per heavy atom. The highest BCUT2D eigenvalue weighted by Crippen LogP contribution is 2.17. The van der Waals surface area contributed by atoms with E-state index in [1.165, 1.54) is 4.90 Å². The number of halogens is 3. The Kier molecular flexibility index (Phi) is 7.26. The summed E-state index contributed by atoms with van der Waals surface area (Å²) in [5.41, 5.74) is -0.401. The predicted octanol–water partition coefficient (Wildman–Crippen LogP) is 4.54. The molecule has 0 aliphatic carbocycles. The topological polar surface area (TPSA) is 20.3 Å². The van der Waals surface area contributed by atoms with Gasteiger partial charge in [0.05, 0.1) is 5.56 Å². The first-order chi connectivity index (χ1) is 10.0. The number of hydrogen-bond donors (Lipinski definition) is 0. The van der Waals surface area contributed by atoms with Gasteiger partial charge in [-0.25, -0.2) is 13.2 Å². The SMILES string of the molecule is CCCCCN(CCCC)C(=O)c1ccc(F)c(F)c1F. The van der Waals surface area contributed by atoms with E-state index >= 15 is 0 Å². The van der Waals surface area contributed by atoms with Gasteiger partial charge in [-0.3, -0.25) is 4.79 Å². The molecular weight excluding hydrogens is 279 g/mol. The molecule has 5 heteroatoms. The summed E-state index contributed by atoms with van der Waals surface area (Å²) in [6.07, 6.45) is 4.49. The van der Waals surface area contributed by atoms with Crippen molar-refractivity contribution in [2.75, 3.05) is 13.1 Å². The Hall–Kier alpha value is -1.52. The number of nitrogens with zero attached hydrogens (tertiary/aromatic N) is 1. The lowest BCUT2D eigenvalue weighted by Crippen LogP contribution is -2.33. The number of benzene rings is 1. The summed E-state index contributed by atoms with van der Waals surface area (Å²) in [6, 6.07) is 1.80. The average molecular weight is 301 g/mol. The minimum absolute atomic E-state index is 0.401. The Morgan fingerprint density at radius 3 is 2.19 bits per heavy atom. The third-order valence-electron chi connectivity index (χ3n) is 3.37. The fourth-order valence-electron chi connectivity index (χ4n) is 2.08. The van der Waals surface area contributed by atoms with E-state index in [1.807, 2.05) is 13.8 Å². The van der Waals surface area contributed by atoms with Crippen LogP contribution >= 0.6 is 0 Å². The third-order valence-corrected chi connectivity index (χ3v) is 3.37. The minimum atomic E-state index is -1.59. The molecule has 0 heterocycles. The summed E-state index contributed by atoms with van der Waals surface area (Å²) in [7, 11) is 0. The van der Waals surface area contributed by atoms with Crippen LogP contribution in [-0.2, 0) is 0 Å². The number of amides is 1. The van der Waals surface area contributed by atoms with E-state index in [2.05, 4.69) is 0 Å². The van der Waals surface area contributed by atoms with Crippen LogP contribution in [0.25, 0.3) is 0 Å². The highest BCUT2D eigenvalue weighted by molar-refractivity contribution is 5.94. The second-order valence-corrected chi connectivity index (χ2v) is 5.08. The molecule has 0 aliphatic rings. The summed E-state index contributed by atoms with van der Waals surface area (Å²) in [5.74, 6) is -4.85. The lowest BCUT2D eigenvalue weighted by molar-refractivity contribution is 0.0744. The molecule has 21 heavy (non-hydrogen) atoms. The van der Waals surface area contributed by atoms with Crippen molar-refractivity contribution in [3.63, 3.8) is 0 Å². The number of unbranched alkanes of at least 4 members (excludes halogenated alkanes) is 3. The first-order valence-corrected chi connectivity index (χ1v) is 7.45. The standard InChI is InChI=1S/C16H22F3NO/c1-3-5-7-11-20(10-6-4-2)16(21)12-8-9-13(17)15(19)14(12)18/h8-9H,3-7,10-11H2,1-2H3. The Bertz CT molecular complexity index is 477. The zero-order chi connectivity index (χ0) is 15.8. The van der Waals surface area contributed by atoms with E-state index in [1.54, 1.807) is 0 Å². The molecule has 1 rings (SSSR count). The molecule has 0 bridgehead atoms. The van der Waals surface area contributed by atoms with Crippen LogP contribution in [0, 0.1) is 17.5 Å². The lowest BCUT2D eigenvalue weighted by Gasteiger charge is -2.23. The Labute approximate surface area is 123 Å². The van der Waals surface area contributed by atoms with E-state index in [0.29, 0.717) is 13.1 Å². The van der Waals surface area contributed by atoms with Crippen LogP contribution in [-0.4, -0.2) is 23.9 Å². The molecule has 0 saturated heterocycles. The van der Waals surface area contributed by atoms with Crippen molar-refractivity contribution in [2.45, 2.75) is 46.0 Å². The second kappa shape index (κ2) is 8.70. The van der Waals surface area contributed by atoms with Crippen molar-refractivity contribution in [1.29, 1.82) is 0 Å². The number of hydrogen-bond acceptors (Lipinski definition) is 1. The van der Waals surface area contributed by atoms with Crippen molar-refractivity contribution in [1.82, 2.24) is 4.90 Å². The average Bonchev–Trinajstić information content (AvgIpc) is 2.48. The van der Waals surface area contributed by atoms with Crippen LogP contribution in [0.1, 0.15) is 56.3 Å². The molecule has 0 unspecified atom stereocenters. The highest BCUT2D eigenvalue weighted by Gasteiger charge is 2.22. The summed E-state index contributed by atoms with van der Waals surface area (Å²) < 4.78 is 39.9. The normalized spacial score (nSPS) is 10.7. The number of carbonyl (C=O) groups is 1. The van der Waals surface area contributed by atoms with Crippen molar-refractivity contribution in [3.05, 3.63) is 35.1 Å². The van der Waals surface area contributed by atoms with E-state index in [4.69, 9.17) is 0 Å². The predicted molar refractivity (Wildman–Crippen MR) is 76.7 cm³/mol. The van der Waals surface area contributed by atoms with Gasteiger partial charge in [-0.15, -0.1) is 0 Å². The molecule has 0 fully saturated rings. The van der Waals surface area contributed by atoms with Gasteiger partial charge in [0, 0.05) is 13.1 Å². The van der Waals surface area contributed by atoms with Gasteiger partial charge in [0.25, 0.3) is 5.91 Å². The maximum Gasteiger partial charge on any atom is 0.256 e. The van der Waals surface area contributed by atoms with Crippen LogP contribution < -0.4 is 0 Å². The van der Waals surface area contributed by atoms with Crippen LogP contribution in [0.2, 0.25) is 0 Å². The maximum absolute atomic E-state index is 13.7. The third kappa shape index (κ3) is 4.76. The van der Waals surface area contributed by atoms with Gasteiger partial charge < -0.3 is 4.90 Å². The van der Waals surface area contributed by atoms with Gasteiger partial charge in [0.1, 0.15) is 0 Å². The fourth-order valence-corrected chi connectivity index (χ4v) is 2.08. The summed E-state index contributed by atoms with van der Waals surface area (Å²) in [4.78, 5) is 13.8. The minimum Gasteiger partial charge on any atom is -0.339 e. The van der Waals surface area contributed by atoms with E-state index in [9.17, 15) is 18.0 Å². The van der Waals surface area contributed by atoms with Gasteiger partial charge in [0.15, 0.2) is 17.5 Å². The molecule has 1 aromatic carbocycles. The first kappa shape index (κ1) is 17.5. The maximum atomic E-state index is 13.7. The van der Waals surface area contributed by atoms with Gasteiger partial charge >= 0.3 is 0 Å². The quantitative estimate of drug-likeness (QED) is 0.510.